The van der Waals surface area contributed by atoms with Gasteiger partial charge in [-0.3, -0.25) is 14.3 Å². The number of ether oxygens (including phenoxy) is 1. The molecule has 0 saturated heterocycles. The van der Waals surface area contributed by atoms with Crippen molar-refractivity contribution in [2.45, 2.75) is 40.2 Å². The third-order valence-electron chi connectivity index (χ3n) is 3.72. The molecule has 0 radical (unpaired) electrons. The zero-order valence-electron chi connectivity index (χ0n) is 14.9. The Labute approximate surface area is 154 Å². The number of carboxylic acids is 1. The molecule has 8 nitrogen and oxygen atoms in total. The maximum Gasteiger partial charge on any atom is 0.341 e. The van der Waals surface area contributed by atoms with Gasteiger partial charge in [0.15, 0.2) is 0 Å². The van der Waals surface area contributed by atoms with E-state index in [-0.39, 0.29) is 25.1 Å². The molecule has 2 N–H and O–H groups in total. The topological polar surface area (TPSA) is 111 Å². The van der Waals surface area contributed by atoms with E-state index in [1.54, 1.807) is 6.92 Å². The second-order valence-corrected chi connectivity index (χ2v) is 6.73. The lowest BCUT2D eigenvalue weighted by Crippen LogP contribution is -2.15. The van der Waals surface area contributed by atoms with Gasteiger partial charge in [-0.2, -0.15) is 5.10 Å². The monoisotopic (exact) mass is 379 g/mol. The average Bonchev–Trinajstić information content (AvgIpc) is 3.17. The van der Waals surface area contributed by atoms with Crippen LogP contribution in [-0.4, -0.2) is 39.3 Å². The quantitative estimate of drug-likeness (QED) is 0.682. The van der Waals surface area contributed by atoms with E-state index in [4.69, 9.17) is 9.84 Å². The fourth-order valence-corrected chi connectivity index (χ4v) is 3.63. The van der Waals surface area contributed by atoms with Gasteiger partial charge in [-0.1, -0.05) is 6.92 Å². The fraction of sp³-hybridized carbons (Fsp3) is 0.412. The van der Waals surface area contributed by atoms with Crippen molar-refractivity contribution in [3.63, 3.8) is 0 Å². The molecule has 2 aromatic rings. The number of nitrogens with zero attached hydrogens (tertiary/aromatic N) is 2. The van der Waals surface area contributed by atoms with Crippen molar-refractivity contribution in [1.29, 1.82) is 0 Å². The lowest BCUT2D eigenvalue weighted by Gasteiger charge is -2.07. The van der Waals surface area contributed by atoms with Crippen LogP contribution in [0.25, 0.3) is 0 Å². The first-order valence-electron chi connectivity index (χ1n) is 8.22. The molecule has 0 fully saturated rings. The van der Waals surface area contributed by atoms with Crippen LogP contribution in [0.4, 0.5) is 5.00 Å². The molecule has 140 valence electrons. The van der Waals surface area contributed by atoms with E-state index < -0.39 is 17.8 Å². The molecular formula is C17H21N3O5S. The van der Waals surface area contributed by atoms with Crippen molar-refractivity contribution in [3.05, 3.63) is 34.0 Å². The first-order chi connectivity index (χ1) is 12.4. The van der Waals surface area contributed by atoms with Gasteiger partial charge in [0, 0.05) is 11.1 Å². The molecule has 0 atom stereocenters. The highest BCUT2D eigenvalue weighted by Gasteiger charge is 2.24. The molecule has 0 bridgehead atoms. The Morgan fingerprint density at radius 3 is 2.69 bits per heavy atom. The van der Waals surface area contributed by atoms with E-state index >= 15 is 0 Å². The summed E-state index contributed by atoms with van der Waals surface area (Å²) in [4.78, 5) is 36.3. The van der Waals surface area contributed by atoms with Crippen molar-refractivity contribution in [1.82, 2.24) is 9.78 Å². The number of amides is 1. The van der Waals surface area contributed by atoms with Gasteiger partial charge in [0.1, 0.15) is 5.00 Å². The number of carbonyl (C=O) groups is 3. The van der Waals surface area contributed by atoms with Gasteiger partial charge < -0.3 is 15.2 Å². The number of hydrogen-bond donors (Lipinski definition) is 2. The molecule has 0 aliphatic carbocycles. The van der Waals surface area contributed by atoms with E-state index in [1.165, 1.54) is 28.4 Å². The summed E-state index contributed by atoms with van der Waals surface area (Å²) >= 11 is 1.33. The number of nitrogens with one attached hydrogen (secondary N) is 1. The highest BCUT2D eigenvalue weighted by atomic mass is 32.1. The molecule has 2 aromatic heterocycles. The number of aromatic nitrogens is 2. The lowest BCUT2D eigenvalue weighted by atomic mass is 10.1. The number of esters is 1. The zero-order chi connectivity index (χ0) is 19.3. The van der Waals surface area contributed by atoms with Gasteiger partial charge >= 0.3 is 11.9 Å². The van der Waals surface area contributed by atoms with Crippen LogP contribution in [0.2, 0.25) is 0 Å². The zero-order valence-corrected chi connectivity index (χ0v) is 15.7. The van der Waals surface area contributed by atoms with Crippen molar-refractivity contribution >= 4 is 34.2 Å². The third kappa shape index (κ3) is 4.48. The van der Waals surface area contributed by atoms with Gasteiger partial charge in [-0.15, -0.1) is 11.3 Å². The molecule has 0 aliphatic heterocycles. The number of aryl methyl sites for hydroxylation is 2. The maximum atomic E-state index is 12.5. The van der Waals surface area contributed by atoms with Crippen molar-refractivity contribution in [2.24, 2.45) is 0 Å². The Balaban J connectivity index is 2.21. The summed E-state index contributed by atoms with van der Waals surface area (Å²) in [5.41, 5.74) is 1.54. The molecule has 0 aliphatic rings. The van der Waals surface area contributed by atoms with Gasteiger partial charge in [0.05, 0.1) is 36.9 Å². The molecule has 26 heavy (non-hydrogen) atoms. The molecular weight excluding hydrogens is 358 g/mol. The molecule has 2 heterocycles. The number of hydrogen-bond acceptors (Lipinski definition) is 6. The van der Waals surface area contributed by atoms with Gasteiger partial charge in [-0.25, -0.2) is 4.79 Å². The van der Waals surface area contributed by atoms with Crippen LogP contribution in [0.1, 0.15) is 51.4 Å². The third-order valence-corrected chi connectivity index (χ3v) is 4.78. The van der Waals surface area contributed by atoms with Gasteiger partial charge in [0.25, 0.3) is 5.91 Å². The molecule has 9 heteroatoms. The van der Waals surface area contributed by atoms with E-state index in [0.717, 1.165) is 10.4 Å². The molecule has 2 rings (SSSR count). The number of carbonyl (C=O) groups excluding carboxylic acids is 2. The minimum Gasteiger partial charge on any atom is -0.481 e. The largest absolute Gasteiger partial charge is 0.481 e. The summed E-state index contributed by atoms with van der Waals surface area (Å²) < 4.78 is 6.51. The number of carboxylic acid groups (broad SMARTS) is 1. The second-order valence-electron chi connectivity index (χ2n) is 5.50. The van der Waals surface area contributed by atoms with Crippen LogP contribution >= 0.6 is 11.3 Å². The fourth-order valence-electron chi connectivity index (χ4n) is 2.50. The number of aliphatic carboxylic acids is 1. The Morgan fingerprint density at radius 2 is 2.08 bits per heavy atom. The number of thiophene rings is 1. The molecule has 0 aromatic carbocycles. The van der Waals surface area contributed by atoms with Crippen LogP contribution in [-0.2, 0) is 22.5 Å². The van der Waals surface area contributed by atoms with Crippen LogP contribution in [0.15, 0.2) is 12.4 Å². The Bertz CT molecular complexity index is 824. The smallest absolute Gasteiger partial charge is 0.341 e. The Kier molecular flexibility index (Phi) is 6.51. The Hall–Kier alpha value is -2.68. The van der Waals surface area contributed by atoms with Crippen molar-refractivity contribution in [2.75, 3.05) is 11.9 Å². The summed E-state index contributed by atoms with van der Waals surface area (Å²) in [6.07, 6.45) is 3.41. The van der Waals surface area contributed by atoms with Gasteiger partial charge in [0.2, 0.25) is 0 Å². The van der Waals surface area contributed by atoms with Crippen LogP contribution in [0.3, 0.4) is 0 Å². The molecule has 0 saturated carbocycles. The van der Waals surface area contributed by atoms with Crippen molar-refractivity contribution in [3.8, 4) is 0 Å². The summed E-state index contributed by atoms with van der Waals surface area (Å²) in [5.74, 6) is -1.81. The maximum absolute atomic E-state index is 12.5. The summed E-state index contributed by atoms with van der Waals surface area (Å²) in [6.45, 7) is 5.99. The standard InChI is InChI=1S/C17H21N3O5S/c1-4-12-10(3)26-16(14(12)17(24)25-5-2)19-15(23)11-8-18-20(9-11)7-6-13(21)22/h8-9H,4-7H2,1-3H3,(H,19,23)(H,21,22). The van der Waals surface area contributed by atoms with Crippen LogP contribution < -0.4 is 5.32 Å². The highest BCUT2D eigenvalue weighted by molar-refractivity contribution is 7.16. The van der Waals surface area contributed by atoms with E-state index in [2.05, 4.69) is 10.4 Å². The van der Waals surface area contributed by atoms with Gasteiger partial charge in [-0.05, 0) is 25.8 Å². The van der Waals surface area contributed by atoms with Crippen LogP contribution in [0.5, 0.6) is 0 Å². The second kappa shape index (κ2) is 8.61. The first kappa shape index (κ1) is 19.6. The first-order valence-corrected chi connectivity index (χ1v) is 9.03. The minimum absolute atomic E-state index is 0.0836. The minimum atomic E-state index is -0.938. The summed E-state index contributed by atoms with van der Waals surface area (Å²) in [6, 6.07) is 0. The number of rotatable bonds is 8. The normalized spacial score (nSPS) is 10.6. The van der Waals surface area contributed by atoms with E-state index in [9.17, 15) is 14.4 Å². The Morgan fingerprint density at radius 1 is 1.35 bits per heavy atom. The predicted octanol–water partition coefficient (Wildman–Crippen LogP) is 2.72. The number of anilines is 1. The van der Waals surface area contributed by atoms with E-state index in [0.29, 0.717) is 17.0 Å². The highest BCUT2D eigenvalue weighted by Crippen LogP contribution is 2.34. The summed E-state index contributed by atoms with van der Waals surface area (Å²) in [7, 11) is 0. The van der Waals surface area contributed by atoms with E-state index in [1.807, 2.05) is 13.8 Å². The molecule has 0 unspecified atom stereocenters. The molecule has 0 spiro atoms. The lowest BCUT2D eigenvalue weighted by molar-refractivity contribution is -0.137. The molecule has 1 amide bonds. The average molecular weight is 379 g/mol. The van der Waals surface area contributed by atoms with Crippen LogP contribution in [0, 0.1) is 6.92 Å². The van der Waals surface area contributed by atoms with Crippen molar-refractivity contribution < 1.29 is 24.2 Å². The summed E-state index contributed by atoms with van der Waals surface area (Å²) in [5, 5.41) is 15.9. The SMILES string of the molecule is CCOC(=O)c1c(NC(=O)c2cnn(CCC(=O)O)c2)sc(C)c1CC. The predicted molar refractivity (Wildman–Crippen MR) is 96.8 cm³/mol.